The van der Waals surface area contributed by atoms with Crippen LogP contribution in [0.25, 0.3) is 0 Å². The maximum atomic E-state index is 13.0. The first-order valence-corrected chi connectivity index (χ1v) is 11.1. The topological polar surface area (TPSA) is 123 Å². The fourth-order valence-electron chi connectivity index (χ4n) is 2.65. The van der Waals surface area contributed by atoms with E-state index in [1.54, 1.807) is 13.8 Å². The molecule has 0 bridgehead atoms. The molecule has 0 unspecified atom stereocenters. The molecule has 1 aromatic carbocycles. The molecule has 0 fully saturated rings. The van der Waals surface area contributed by atoms with Crippen LogP contribution >= 0.6 is 11.8 Å². The van der Waals surface area contributed by atoms with Gasteiger partial charge in [0.05, 0.1) is 24.7 Å². The van der Waals surface area contributed by atoms with Crippen molar-refractivity contribution >= 4 is 27.8 Å². The lowest BCUT2D eigenvalue weighted by atomic mass is 10.0. The Hall–Kier alpha value is -1.37. The molecule has 0 radical (unpaired) electrons. The molecule has 0 aliphatic rings. The van der Waals surface area contributed by atoms with Crippen molar-refractivity contribution < 1.29 is 37.6 Å². The Morgan fingerprint density at radius 3 is 2.28 bits per heavy atom. The number of aliphatic hydroxyl groups excluding tert-OH is 1. The highest BCUT2D eigenvalue weighted by atomic mass is 32.2. The van der Waals surface area contributed by atoms with E-state index in [9.17, 15) is 23.4 Å². The molecule has 11 heteroatoms. The number of carbonyl (C=O) groups is 1. The van der Waals surface area contributed by atoms with Crippen molar-refractivity contribution in [3.8, 4) is 5.75 Å². The van der Waals surface area contributed by atoms with Gasteiger partial charge in [-0.1, -0.05) is 0 Å². The highest BCUT2D eigenvalue weighted by Gasteiger charge is 2.44. The number of thioether (sulfide) groups is 1. The number of nitrogens with zero attached hydrogens (tertiary/aromatic N) is 1. The average Bonchev–Trinajstić information content (AvgIpc) is 2.67. The number of hydrogen-bond donors (Lipinski definition) is 2. The predicted octanol–water partition coefficient (Wildman–Crippen LogP) is 1.26. The number of hydrogen-bond acceptors (Lipinski definition) is 8. The van der Waals surface area contributed by atoms with Gasteiger partial charge in [-0.25, -0.2) is 8.42 Å². The van der Waals surface area contributed by atoms with E-state index in [-0.39, 0.29) is 24.0 Å². The van der Waals surface area contributed by atoms with Crippen LogP contribution in [0.15, 0.2) is 29.2 Å². The molecule has 0 aromatic heterocycles. The van der Waals surface area contributed by atoms with E-state index in [1.165, 1.54) is 57.3 Å². The first kappa shape index (κ1) is 25.7. The SMILES string of the molecule is COCO[C@@H](CO)CSC(C)(C)[C@H](C(=O)O)N(C)S(=O)(=O)c1ccc(OC)cc1. The highest BCUT2D eigenvalue weighted by molar-refractivity contribution is 8.00. The molecule has 0 saturated heterocycles. The summed E-state index contributed by atoms with van der Waals surface area (Å²) in [7, 11) is 0.0885. The van der Waals surface area contributed by atoms with Gasteiger partial charge in [-0.2, -0.15) is 16.1 Å². The zero-order valence-electron chi connectivity index (χ0n) is 17.2. The lowest BCUT2D eigenvalue weighted by molar-refractivity contribution is -0.142. The molecule has 0 spiro atoms. The molecule has 166 valence electrons. The normalized spacial score (nSPS) is 14.6. The first-order valence-electron chi connectivity index (χ1n) is 8.71. The second-order valence-electron chi connectivity index (χ2n) is 6.73. The van der Waals surface area contributed by atoms with E-state index < -0.39 is 32.9 Å². The van der Waals surface area contributed by atoms with Gasteiger partial charge in [-0.3, -0.25) is 4.79 Å². The maximum absolute atomic E-state index is 13.0. The van der Waals surface area contributed by atoms with E-state index in [0.717, 1.165) is 4.31 Å². The van der Waals surface area contributed by atoms with Crippen LogP contribution in [0.2, 0.25) is 0 Å². The summed E-state index contributed by atoms with van der Waals surface area (Å²) in [6.45, 7) is 2.99. The molecule has 2 N–H and O–H groups in total. The van der Waals surface area contributed by atoms with E-state index in [0.29, 0.717) is 5.75 Å². The van der Waals surface area contributed by atoms with Gasteiger partial charge in [0.2, 0.25) is 10.0 Å². The monoisotopic (exact) mass is 451 g/mol. The summed E-state index contributed by atoms with van der Waals surface area (Å²) in [6.07, 6.45) is -0.572. The van der Waals surface area contributed by atoms with Crippen molar-refractivity contribution in [3.63, 3.8) is 0 Å². The third kappa shape index (κ3) is 6.83. The third-order valence-corrected chi connectivity index (χ3v) is 7.60. The van der Waals surface area contributed by atoms with Gasteiger partial charge >= 0.3 is 5.97 Å². The molecule has 9 nitrogen and oxygen atoms in total. The van der Waals surface area contributed by atoms with E-state index in [1.807, 2.05) is 0 Å². The summed E-state index contributed by atoms with van der Waals surface area (Å²) in [5, 5.41) is 19.2. The number of methoxy groups -OCH3 is 2. The van der Waals surface area contributed by atoms with E-state index in [4.69, 9.17) is 14.2 Å². The minimum atomic E-state index is -4.07. The van der Waals surface area contributed by atoms with Crippen LogP contribution in [0, 0.1) is 0 Å². The Labute approximate surface area is 176 Å². The number of carboxylic acid groups (broad SMARTS) is 1. The first-order chi connectivity index (χ1) is 13.5. The Kier molecular flexibility index (Phi) is 9.86. The quantitative estimate of drug-likeness (QED) is 0.427. The summed E-state index contributed by atoms with van der Waals surface area (Å²) >= 11 is 1.20. The number of ether oxygens (including phenoxy) is 3. The van der Waals surface area contributed by atoms with Crippen molar-refractivity contribution in [2.75, 3.05) is 40.4 Å². The predicted molar refractivity (Wildman–Crippen MR) is 110 cm³/mol. The molecular weight excluding hydrogens is 422 g/mol. The molecule has 0 heterocycles. The molecule has 0 amide bonds. The van der Waals surface area contributed by atoms with E-state index in [2.05, 4.69) is 0 Å². The van der Waals surface area contributed by atoms with Gasteiger partial charge < -0.3 is 24.4 Å². The Morgan fingerprint density at radius 1 is 1.24 bits per heavy atom. The molecular formula is C18H29NO8S2. The number of aliphatic hydroxyl groups is 1. The Balaban J connectivity index is 3.07. The molecule has 1 rings (SSSR count). The van der Waals surface area contributed by atoms with Crippen molar-refractivity contribution in [2.45, 2.75) is 35.6 Å². The van der Waals surface area contributed by atoms with Crippen molar-refractivity contribution in [2.24, 2.45) is 0 Å². The summed E-state index contributed by atoms with van der Waals surface area (Å²) in [6, 6.07) is 4.36. The van der Waals surface area contributed by atoms with Crippen LogP contribution < -0.4 is 4.74 Å². The fourth-order valence-corrected chi connectivity index (χ4v) is 5.39. The van der Waals surface area contributed by atoms with Crippen LogP contribution in [0.1, 0.15) is 13.8 Å². The Morgan fingerprint density at radius 2 is 1.83 bits per heavy atom. The number of rotatable bonds is 13. The molecule has 1 aromatic rings. The lowest BCUT2D eigenvalue weighted by Crippen LogP contribution is -2.53. The van der Waals surface area contributed by atoms with Crippen LogP contribution in [0.3, 0.4) is 0 Å². The zero-order chi connectivity index (χ0) is 22.2. The van der Waals surface area contributed by atoms with Crippen molar-refractivity contribution in [1.29, 1.82) is 0 Å². The van der Waals surface area contributed by atoms with Crippen molar-refractivity contribution in [3.05, 3.63) is 24.3 Å². The van der Waals surface area contributed by atoms with Crippen molar-refractivity contribution in [1.82, 2.24) is 4.31 Å². The number of likely N-dealkylation sites (N-methyl/N-ethyl adjacent to an activating group) is 1. The minimum absolute atomic E-state index is 0.0136. The van der Waals surface area contributed by atoms with Crippen LogP contribution in [0.4, 0.5) is 0 Å². The maximum Gasteiger partial charge on any atom is 0.323 e. The van der Waals surface area contributed by atoms with Crippen LogP contribution in [-0.2, 0) is 24.3 Å². The molecule has 0 saturated carbocycles. The van der Waals surface area contributed by atoms with Gasteiger partial charge in [0, 0.05) is 24.7 Å². The summed E-state index contributed by atoms with van der Waals surface area (Å²) in [4.78, 5) is 12.0. The van der Waals surface area contributed by atoms with Gasteiger partial charge in [0.25, 0.3) is 0 Å². The molecule has 0 aliphatic carbocycles. The van der Waals surface area contributed by atoms with Crippen LogP contribution in [-0.4, -0.2) is 86.2 Å². The fraction of sp³-hybridized carbons (Fsp3) is 0.611. The minimum Gasteiger partial charge on any atom is -0.497 e. The number of sulfonamides is 1. The smallest absolute Gasteiger partial charge is 0.323 e. The van der Waals surface area contributed by atoms with Crippen LogP contribution in [0.5, 0.6) is 5.75 Å². The molecule has 2 atom stereocenters. The summed E-state index contributed by atoms with van der Waals surface area (Å²) < 4.78 is 41.0. The Bertz CT molecular complexity index is 752. The van der Waals surface area contributed by atoms with Gasteiger partial charge in [-0.15, -0.1) is 0 Å². The van der Waals surface area contributed by atoms with Gasteiger partial charge in [0.1, 0.15) is 18.6 Å². The summed E-state index contributed by atoms with van der Waals surface area (Å²) in [5.41, 5.74) is 0. The highest BCUT2D eigenvalue weighted by Crippen LogP contribution is 2.34. The largest absolute Gasteiger partial charge is 0.497 e. The number of benzene rings is 1. The second kappa shape index (κ2) is 11.1. The van der Waals surface area contributed by atoms with Gasteiger partial charge in [0.15, 0.2) is 0 Å². The molecule has 0 aliphatic heterocycles. The third-order valence-electron chi connectivity index (χ3n) is 4.26. The number of aliphatic carboxylic acids is 1. The van der Waals surface area contributed by atoms with E-state index >= 15 is 0 Å². The standard InChI is InChI=1S/C18H29NO8S2/c1-18(2,28-11-14(10-20)27-12-25-4)16(17(21)22)19(3)29(23,24)15-8-6-13(26-5)7-9-15/h6-9,14,16,20H,10-12H2,1-5H3,(H,21,22)/t14-,16-/m0/s1. The average molecular weight is 452 g/mol. The molecule has 29 heavy (non-hydrogen) atoms. The number of carboxylic acids is 1. The second-order valence-corrected chi connectivity index (χ2v) is 10.4. The summed E-state index contributed by atoms with van der Waals surface area (Å²) in [5.74, 6) is -0.531. The zero-order valence-corrected chi connectivity index (χ0v) is 18.8. The van der Waals surface area contributed by atoms with Gasteiger partial charge in [-0.05, 0) is 38.1 Å². The lowest BCUT2D eigenvalue weighted by Gasteiger charge is -2.37.